The predicted octanol–water partition coefficient (Wildman–Crippen LogP) is 4.21. The van der Waals surface area contributed by atoms with Crippen molar-refractivity contribution in [2.75, 3.05) is 34.3 Å². The molecule has 0 heterocycles. The van der Waals surface area contributed by atoms with Crippen LogP contribution in [0.3, 0.4) is 0 Å². The van der Waals surface area contributed by atoms with Gasteiger partial charge in [0.25, 0.3) is 5.91 Å². The monoisotopic (exact) mass is 380 g/mol. The van der Waals surface area contributed by atoms with E-state index in [1.54, 1.807) is 17.0 Å². The van der Waals surface area contributed by atoms with E-state index < -0.39 is 0 Å². The van der Waals surface area contributed by atoms with E-state index in [-0.39, 0.29) is 5.91 Å². The first-order chi connectivity index (χ1) is 11.9. The molecule has 0 unspecified atom stereocenters. The van der Waals surface area contributed by atoms with Gasteiger partial charge in [0.15, 0.2) is 5.75 Å². The highest BCUT2D eigenvalue weighted by atomic mass is 35.5. The fourth-order valence-corrected chi connectivity index (χ4v) is 3.08. The van der Waals surface area contributed by atoms with Crippen LogP contribution in [-0.2, 0) is 6.54 Å². The molecule has 25 heavy (non-hydrogen) atoms. The van der Waals surface area contributed by atoms with Crippen molar-refractivity contribution in [3.05, 3.63) is 63.6 Å². The van der Waals surface area contributed by atoms with Crippen molar-refractivity contribution in [2.45, 2.75) is 6.54 Å². The number of likely N-dealkylation sites (N-methyl/N-ethyl adjacent to an activating group) is 1. The van der Waals surface area contributed by atoms with Crippen LogP contribution in [0.15, 0.2) is 42.5 Å². The second-order valence-corrected chi connectivity index (χ2v) is 6.80. The van der Waals surface area contributed by atoms with Crippen molar-refractivity contribution in [3.63, 3.8) is 0 Å². The van der Waals surface area contributed by atoms with E-state index in [1.807, 2.05) is 49.3 Å². The molecule has 0 aromatic heterocycles. The van der Waals surface area contributed by atoms with Gasteiger partial charge in [0.1, 0.15) is 0 Å². The number of benzene rings is 2. The summed E-state index contributed by atoms with van der Waals surface area (Å²) in [5, 5.41) is 0.649. The van der Waals surface area contributed by atoms with Gasteiger partial charge >= 0.3 is 0 Å². The lowest BCUT2D eigenvalue weighted by molar-refractivity contribution is 0.0732. The molecule has 0 saturated heterocycles. The molecule has 6 heteroatoms. The van der Waals surface area contributed by atoms with Crippen LogP contribution < -0.4 is 4.74 Å². The molecule has 1 amide bonds. The minimum Gasteiger partial charge on any atom is -0.494 e. The number of rotatable bonds is 7. The highest BCUT2D eigenvalue weighted by Gasteiger charge is 2.19. The van der Waals surface area contributed by atoms with E-state index in [1.165, 1.54) is 7.11 Å². The Morgan fingerprint density at radius 2 is 1.64 bits per heavy atom. The Kier molecular flexibility index (Phi) is 7.12. The molecule has 0 aliphatic heterocycles. The zero-order valence-electron chi connectivity index (χ0n) is 14.6. The molecule has 2 aromatic carbocycles. The summed E-state index contributed by atoms with van der Waals surface area (Å²) in [5.74, 6) is 0.264. The van der Waals surface area contributed by atoms with Crippen LogP contribution in [0.2, 0.25) is 10.0 Å². The number of halogens is 2. The molecule has 0 saturated carbocycles. The number of methoxy groups -OCH3 is 1. The third-order valence-corrected chi connectivity index (χ3v) is 4.33. The topological polar surface area (TPSA) is 32.8 Å². The van der Waals surface area contributed by atoms with Crippen LogP contribution >= 0.6 is 23.2 Å². The Hall–Kier alpha value is -1.75. The van der Waals surface area contributed by atoms with Crippen molar-refractivity contribution in [2.24, 2.45) is 0 Å². The third-order valence-electron chi connectivity index (χ3n) is 3.77. The standard InChI is InChI=1S/C19H22Cl2N2O2/c1-22(2)9-10-23(13-14-7-5-4-6-8-14)19(24)15-11-16(20)18(25-3)17(21)12-15/h4-8,11-12H,9-10,13H2,1-3H3. The van der Waals surface area contributed by atoms with Crippen molar-refractivity contribution in [3.8, 4) is 5.75 Å². The quantitative estimate of drug-likeness (QED) is 0.721. The van der Waals surface area contributed by atoms with E-state index in [2.05, 4.69) is 0 Å². The lowest BCUT2D eigenvalue weighted by Crippen LogP contribution is -2.36. The predicted molar refractivity (Wildman–Crippen MR) is 103 cm³/mol. The number of carbonyl (C=O) groups excluding carboxylic acids is 1. The maximum atomic E-state index is 13.0. The molecular weight excluding hydrogens is 359 g/mol. The van der Waals surface area contributed by atoms with E-state index in [4.69, 9.17) is 27.9 Å². The second-order valence-electron chi connectivity index (χ2n) is 5.99. The van der Waals surface area contributed by atoms with Crippen LogP contribution in [0.4, 0.5) is 0 Å². The van der Waals surface area contributed by atoms with Crippen LogP contribution in [0.25, 0.3) is 0 Å². The summed E-state index contributed by atoms with van der Waals surface area (Å²) < 4.78 is 5.15. The third kappa shape index (κ3) is 5.36. The number of hydrogen-bond donors (Lipinski definition) is 0. The molecule has 134 valence electrons. The lowest BCUT2D eigenvalue weighted by atomic mass is 10.1. The molecule has 0 fully saturated rings. The van der Waals surface area contributed by atoms with Crippen molar-refractivity contribution >= 4 is 29.1 Å². The van der Waals surface area contributed by atoms with Gasteiger partial charge < -0.3 is 14.5 Å². The van der Waals surface area contributed by atoms with E-state index in [0.717, 1.165) is 12.1 Å². The highest BCUT2D eigenvalue weighted by molar-refractivity contribution is 6.37. The number of hydrogen-bond acceptors (Lipinski definition) is 3. The number of ether oxygens (including phenoxy) is 1. The summed E-state index contributed by atoms with van der Waals surface area (Å²) in [6, 6.07) is 13.1. The molecule has 0 atom stereocenters. The molecule has 0 radical (unpaired) electrons. The maximum absolute atomic E-state index is 13.0. The van der Waals surface area contributed by atoms with Crippen LogP contribution in [0.1, 0.15) is 15.9 Å². The van der Waals surface area contributed by atoms with E-state index >= 15 is 0 Å². The zero-order chi connectivity index (χ0) is 18.4. The minimum atomic E-state index is -0.114. The van der Waals surface area contributed by atoms with Crippen molar-refractivity contribution in [1.82, 2.24) is 9.80 Å². The summed E-state index contributed by atoms with van der Waals surface area (Å²) in [6.45, 7) is 1.88. The van der Waals surface area contributed by atoms with Gasteiger partial charge in [-0.1, -0.05) is 53.5 Å². The van der Waals surface area contributed by atoms with Gasteiger partial charge in [0.05, 0.1) is 17.2 Å². The van der Waals surface area contributed by atoms with Gasteiger partial charge in [-0.25, -0.2) is 0 Å². The Morgan fingerprint density at radius 3 is 2.16 bits per heavy atom. The first kappa shape index (κ1) is 19.6. The molecule has 0 bridgehead atoms. The van der Waals surface area contributed by atoms with Crippen LogP contribution in [0, 0.1) is 0 Å². The second kappa shape index (κ2) is 9.09. The summed E-state index contributed by atoms with van der Waals surface area (Å²) in [4.78, 5) is 16.9. The van der Waals surface area contributed by atoms with Gasteiger partial charge in [-0.05, 0) is 31.8 Å². The number of carbonyl (C=O) groups is 1. The van der Waals surface area contributed by atoms with Gasteiger partial charge in [0, 0.05) is 25.2 Å². The van der Waals surface area contributed by atoms with Gasteiger partial charge in [-0.15, -0.1) is 0 Å². The number of amides is 1. The molecule has 0 N–H and O–H groups in total. The van der Waals surface area contributed by atoms with E-state index in [0.29, 0.717) is 34.4 Å². The lowest BCUT2D eigenvalue weighted by Gasteiger charge is -2.25. The number of nitrogens with zero attached hydrogens (tertiary/aromatic N) is 2. The highest BCUT2D eigenvalue weighted by Crippen LogP contribution is 2.34. The van der Waals surface area contributed by atoms with Crippen LogP contribution in [0.5, 0.6) is 5.75 Å². The zero-order valence-corrected chi connectivity index (χ0v) is 16.1. The summed E-state index contributed by atoms with van der Waals surface area (Å²) >= 11 is 12.4. The average Bonchev–Trinajstić information content (AvgIpc) is 2.58. The molecule has 0 aliphatic rings. The SMILES string of the molecule is COc1c(Cl)cc(C(=O)N(CCN(C)C)Cc2ccccc2)cc1Cl. The average molecular weight is 381 g/mol. The minimum absolute atomic E-state index is 0.114. The smallest absolute Gasteiger partial charge is 0.254 e. The first-order valence-corrected chi connectivity index (χ1v) is 8.69. The molecule has 0 spiro atoms. The molecule has 4 nitrogen and oxygen atoms in total. The largest absolute Gasteiger partial charge is 0.494 e. The molecule has 2 rings (SSSR count). The van der Waals surface area contributed by atoms with Gasteiger partial charge in [-0.2, -0.15) is 0 Å². The normalized spacial score (nSPS) is 10.8. The Morgan fingerprint density at radius 1 is 1.04 bits per heavy atom. The molecule has 2 aromatic rings. The fraction of sp³-hybridized carbons (Fsp3) is 0.316. The Balaban J connectivity index is 2.27. The maximum Gasteiger partial charge on any atom is 0.254 e. The van der Waals surface area contributed by atoms with E-state index in [9.17, 15) is 4.79 Å². The summed E-state index contributed by atoms with van der Waals surface area (Å²) in [6.07, 6.45) is 0. The molecular formula is C19H22Cl2N2O2. The summed E-state index contributed by atoms with van der Waals surface area (Å²) in [5.41, 5.74) is 1.52. The van der Waals surface area contributed by atoms with Crippen molar-refractivity contribution in [1.29, 1.82) is 0 Å². The molecule has 0 aliphatic carbocycles. The first-order valence-electron chi connectivity index (χ1n) is 7.93. The van der Waals surface area contributed by atoms with Crippen molar-refractivity contribution < 1.29 is 9.53 Å². The Bertz CT molecular complexity index is 698. The van der Waals surface area contributed by atoms with Gasteiger partial charge in [0.2, 0.25) is 0 Å². The summed E-state index contributed by atoms with van der Waals surface area (Å²) in [7, 11) is 5.45. The van der Waals surface area contributed by atoms with Gasteiger partial charge in [-0.3, -0.25) is 4.79 Å². The fourth-order valence-electron chi connectivity index (χ4n) is 2.44. The Labute approximate surface area is 158 Å². The van der Waals surface area contributed by atoms with Crippen LogP contribution in [-0.4, -0.2) is 50.0 Å².